The van der Waals surface area contributed by atoms with Crippen LogP contribution in [-0.4, -0.2) is 13.6 Å². The van der Waals surface area contributed by atoms with E-state index < -0.39 is 0 Å². The molecule has 0 atom stereocenters. The van der Waals surface area contributed by atoms with Crippen LogP contribution in [0.5, 0.6) is 0 Å². The molecule has 9 heavy (non-hydrogen) atoms. The third-order valence-corrected chi connectivity index (χ3v) is 1.88. The molecule has 2 heteroatoms. The first-order valence-corrected chi connectivity index (χ1v) is 3.24. The van der Waals surface area contributed by atoms with E-state index in [-0.39, 0.29) is 0 Å². The van der Waals surface area contributed by atoms with Crippen molar-refractivity contribution >= 4 is 13.6 Å². The fourth-order valence-corrected chi connectivity index (χ4v) is 0.898. The molecule has 1 heterocycles. The molecule has 0 bridgehead atoms. The predicted octanol–water partition coefficient (Wildman–Crippen LogP) is 1.29. The minimum absolute atomic E-state index is 1.38. The molecule has 0 amide bonds. The maximum absolute atomic E-state index is 2.16. The molecule has 0 unspecified atom stereocenters. The second-order valence-corrected chi connectivity index (χ2v) is 2.52. The Morgan fingerprint density at radius 1 is 1.22 bits per heavy atom. The molecule has 1 aromatic heterocycles. The maximum atomic E-state index is 2.16. The van der Waals surface area contributed by atoms with Crippen molar-refractivity contribution in [1.29, 1.82) is 0 Å². The minimum atomic E-state index is 1.38. The van der Waals surface area contributed by atoms with Gasteiger partial charge in [-0.15, -0.1) is 0 Å². The molecule has 0 saturated heterocycles. The summed E-state index contributed by atoms with van der Waals surface area (Å²) in [5.41, 5.74) is 4.18. The van der Waals surface area contributed by atoms with Crippen molar-refractivity contribution in [3.05, 3.63) is 22.5 Å². The molecule has 0 aliphatic rings. The number of rotatable bonds is 0. The van der Waals surface area contributed by atoms with E-state index in [1.165, 1.54) is 16.6 Å². The van der Waals surface area contributed by atoms with Crippen LogP contribution in [0.3, 0.4) is 0 Å². The van der Waals surface area contributed by atoms with Crippen LogP contribution < -0.4 is 0 Å². The summed E-state index contributed by atoms with van der Waals surface area (Å²) in [5.74, 6) is 2.14. The van der Waals surface area contributed by atoms with Crippen molar-refractivity contribution in [2.75, 3.05) is 0 Å². The van der Waals surface area contributed by atoms with Gasteiger partial charge in [0, 0.05) is 0 Å². The Hall–Kier alpha value is -0.390. The van der Waals surface area contributed by atoms with Gasteiger partial charge in [-0.3, -0.25) is 0 Å². The van der Waals surface area contributed by atoms with Crippen molar-refractivity contribution in [3.63, 3.8) is 0 Å². The van der Waals surface area contributed by atoms with Gasteiger partial charge in [0.15, 0.2) is 0 Å². The van der Waals surface area contributed by atoms with Gasteiger partial charge in [0.2, 0.25) is 0 Å². The Morgan fingerprint density at radius 2 is 1.89 bits per heavy atom. The van der Waals surface area contributed by atoms with Gasteiger partial charge in [-0.2, -0.15) is 0 Å². The molecular formula is C7H10B2. The molecule has 1 rings (SSSR count). The van der Waals surface area contributed by atoms with Gasteiger partial charge in [-0.1, -0.05) is 0 Å². The Balaban J connectivity index is 3.25. The predicted molar refractivity (Wildman–Crippen MR) is 43.3 cm³/mol. The topological polar surface area (TPSA) is 0 Å². The summed E-state index contributed by atoms with van der Waals surface area (Å²) in [5, 5.41) is 0. The van der Waals surface area contributed by atoms with E-state index in [9.17, 15) is 0 Å². The zero-order chi connectivity index (χ0) is 6.85. The molecule has 0 N–H and O–H groups in total. The summed E-state index contributed by atoms with van der Waals surface area (Å²) < 4.78 is 0. The van der Waals surface area contributed by atoms with E-state index in [0.29, 0.717) is 0 Å². The van der Waals surface area contributed by atoms with Crippen LogP contribution in [0.2, 0.25) is 0 Å². The molecule has 0 aromatic carbocycles. The average Bonchev–Trinajstić information content (AvgIpc) is 1.83. The van der Waals surface area contributed by atoms with E-state index in [1.807, 2.05) is 0 Å². The first kappa shape index (κ1) is 6.73. The molecule has 0 aliphatic heterocycles. The van der Waals surface area contributed by atoms with E-state index in [1.54, 1.807) is 0 Å². The van der Waals surface area contributed by atoms with Gasteiger partial charge in [0.05, 0.1) is 0 Å². The number of hydrogen-bond acceptors (Lipinski definition) is 0. The third kappa shape index (κ3) is 1.29. The molecule has 1 aromatic rings. The zero-order valence-electron chi connectivity index (χ0n) is 6.23. The summed E-state index contributed by atoms with van der Waals surface area (Å²) >= 11 is 0. The van der Waals surface area contributed by atoms with Crippen LogP contribution in [0, 0.1) is 20.8 Å². The zero-order valence-corrected chi connectivity index (χ0v) is 6.23. The quantitative estimate of drug-likeness (QED) is 0.478. The van der Waals surface area contributed by atoms with E-state index >= 15 is 0 Å². The Morgan fingerprint density at radius 3 is 2.33 bits per heavy atom. The monoisotopic (exact) mass is 116 g/mol. The number of hydrogen-bond donors (Lipinski definition) is 0. The summed E-state index contributed by atoms with van der Waals surface area (Å²) in [6.07, 6.45) is 0. The van der Waals surface area contributed by atoms with Crippen molar-refractivity contribution in [3.8, 4) is 0 Å². The molecule has 0 spiro atoms. The van der Waals surface area contributed by atoms with Crippen molar-refractivity contribution in [2.24, 2.45) is 0 Å². The normalized spacial score (nSPS) is 8.78. The first-order chi connectivity index (χ1) is 4.22. The summed E-state index contributed by atoms with van der Waals surface area (Å²) in [4.78, 5) is 0. The van der Waals surface area contributed by atoms with Gasteiger partial charge in [0.25, 0.3) is 0 Å². The van der Waals surface area contributed by atoms with Gasteiger partial charge in [-0.05, 0) is 0 Å². The second-order valence-electron chi connectivity index (χ2n) is 2.52. The molecular weight excluding hydrogens is 106 g/mol. The van der Waals surface area contributed by atoms with Crippen LogP contribution in [-0.2, 0) is 0 Å². The van der Waals surface area contributed by atoms with E-state index in [4.69, 9.17) is 0 Å². The third-order valence-electron chi connectivity index (χ3n) is 1.88. The molecule has 0 saturated carbocycles. The Labute approximate surface area is 57.7 Å². The summed E-state index contributed by atoms with van der Waals surface area (Å²) in [7, 11) is 0. The molecule has 44 valence electrons. The fraction of sp³-hybridized carbons (Fsp3) is 0.429. The number of aryl methyl sites for hydroxylation is 2. The van der Waals surface area contributed by atoms with Crippen molar-refractivity contribution in [1.82, 2.24) is 0 Å². The second kappa shape index (κ2) is 2.47. The van der Waals surface area contributed by atoms with Crippen molar-refractivity contribution < 1.29 is 0 Å². The summed E-state index contributed by atoms with van der Waals surface area (Å²) in [6.45, 7) is 10.7. The van der Waals surface area contributed by atoms with Gasteiger partial charge in [0.1, 0.15) is 0 Å². The van der Waals surface area contributed by atoms with Crippen LogP contribution in [0.15, 0.2) is 5.96 Å². The summed E-state index contributed by atoms with van der Waals surface area (Å²) in [6, 6.07) is 0. The first-order valence-electron chi connectivity index (χ1n) is 3.24. The van der Waals surface area contributed by atoms with Gasteiger partial charge in [-0.25, -0.2) is 0 Å². The van der Waals surface area contributed by atoms with E-state index in [0.717, 1.165) is 0 Å². The van der Waals surface area contributed by atoms with Crippen LogP contribution >= 0.6 is 0 Å². The molecule has 0 radical (unpaired) electrons. The van der Waals surface area contributed by atoms with Crippen LogP contribution in [0.25, 0.3) is 0 Å². The molecule has 0 aliphatic carbocycles. The fourth-order valence-electron chi connectivity index (χ4n) is 0.898. The van der Waals surface area contributed by atoms with Gasteiger partial charge < -0.3 is 0 Å². The van der Waals surface area contributed by atoms with Gasteiger partial charge >= 0.3 is 56.9 Å². The Bertz CT molecular complexity index is 198. The van der Waals surface area contributed by atoms with Crippen LogP contribution in [0.1, 0.15) is 16.6 Å². The van der Waals surface area contributed by atoms with E-state index in [2.05, 4.69) is 40.3 Å². The SMILES string of the molecule is Cc1bbcc(C)c1C. The molecule has 0 nitrogen and oxygen atoms in total. The van der Waals surface area contributed by atoms with Crippen molar-refractivity contribution in [2.45, 2.75) is 20.8 Å². The standard InChI is InChI=1S/C7H10B2/c1-5-4-8-9-7(3)6(5)2/h4H,1-3H3. The Kier molecular flexibility index (Phi) is 1.84. The van der Waals surface area contributed by atoms with Crippen LogP contribution in [0.4, 0.5) is 0 Å². The molecule has 0 fully saturated rings. The average molecular weight is 116 g/mol.